The van der Waals surface area contributed by atoms with Gasteiger partial charge in [0.1, 0.15) is 5.76 Å². The van der Waals surface area contributed by atoms with Crippen LogP contribution in [0.3, 0.4) is 0 Å². The number of piperazine rings is 1. The van der Waals surface area contributed by atoms with E-state index in [1.807, 2.05) is 29.2 Å². The molecule has 222 valence electrons. The number of benzene rings is 2. The molecule has 0 radical (unpaired) electrons. The molecule has 5 rings (SSSR count). The number of aryl methyl sites for hydroxylation is 1. The molecule has 2 aliphatic rings. The third-order valence-electron chi connectivity index (χ3n) is 7.97. The summed E-state index contributed by atoms with van der Waals surface area (Å²) >= 11 is 6.42. The third-order valence-corrected chi connectivity index (χ3v) is 8.34. The first-order valence-electron chi connectivity index (χ1n) is 14.6. The summed E-state index contributed by atoms with van der Waals surface area (Å²) in [4.78, 5) is 44.5. The van der Waals surface area contributed by atoms with Crippen LogP contribution < -0.4 is 15.5 Å². The number of halogens is 1. The summed E-state index contributed by atoms with van der Waals surface area (Å²) < 4.78 is 5.54. The average molecular weight is 592 g/mol. The van der Waals surface area contributed by atoms with Crippen molar-refractivity contribution in [1.29, 1.82) is 0 Å². The van der Waals surface area contributed by atoms with E-state index in [2.05, 4.69) is 33.4 Å². The summed E-state index contributed by atoms with van der Waals surface area (Å²) in [6.45, 7) is 8.94. The molecule has 0 unspecified atom stereocenters. The molecule has 1 aromatic heterocycles. The van der Waals surface area contributed by atoms with Crippen LogP contribution >= 0.6 is 11.6 Å². The van der Waals surface area contributed by atoms with Gasteiger partial charge in [0.2, 0.25) is 5.91 Å². The fourth-order valence-corrected chi connectivity index (χ4v) is 5.80. The standard InChI is InChI=1S/C32H38ClN5O4/c1-22-20-38(18-17-37(22)21-25-7-3-4-8-26(25)33)28-12-11-24(19-27(28)35-32(41)29-13-10-23(2)42-29)31(40)34-14-6-16-36-15-5-9-30(36)39/h3-4,7-8,10-13,19,22H,5-6,9,14-18,20-21H2,1-2H3,(H,34,40)(H,35,41)/t22-/m0/s1. The molecule has 42 heavy (non-hydrogen) atoms. The van der Waals surface area contributed by atoms with Crippen molar-refractivity contribution in [3.05, 3.63) is 82.3 Å². The van der Waals surface area contributed by atoms with Gasteiger partial charge in [-0.15, -0.1) is 0 Å². The Morgan fingerprint density at radius 2 is 1.88 bits per heavy atom. The highest BCUT2D eigenvalue weighted by molar-refractivity contribution is 6.31. The third kappa shape index (κ3) is 7.14. The molecule has 0 aliphatic carbocycles. The van der Waals surface area contributed by atoms with Gasteiger partial charge in [-0.1, -0.05) is 29.8 Å². The smallest absolute Gasteiger partial charge is 0.291 e. The van der Waals surface area contributed by atoms with Crippen LogP contribution in [-0.2, 0) is 11.3 Å². The summed E-state index contributed by atoms with van der Waals surface area (Å²) in [5.41, 5.74) is 2.95. The zero-order chi connectivity index (χ0) is 29.6. The zero-order valence-corrected chi connectivity index (χ0v) is 25.0. The molecule has 2 N–H and O–H groups in total. The molecule has 2 fully saturated rings. The van der Waals surface area contributed by atoms with Crippen LogP contribution in [0.25, 0.3) is 0 Å². The number of anilines is 2. The second kappa shape index (κ2) is 13.4. The van der Waals surface area contributed by atoms with Gasteiger partial charge in [0.05, 0.1) is 11.4 Å². The molecule has 1 atom stereocenters. The summed E-state index contributed by atoms with van der Waals surface area (Å²) in [5.74, 6) is 0.442. The van der Waals surface area contributed by atoms with Gasteiger partial charge in [-0.3, -0.25) is 19.3 Å². The average Bonchev–Trinajstić information content (AvgIpc) is 3.60. The van der Waals surface area contributed by atoms with Gasteiger partial charge < -0.3 is 24.9 Å². The Bertz CT molecular complexity index is 1440. The molecular formula is C32H38ClN5O4. The van der Waals surface area contributed by atoms with Gasteiger partial charge in [0.25, 0.3) is 11.8 Å². The van der Waals surface area contributed by atoms with E-state index in [-0.39, 0.29) is 29.5 Å². The monoisotopic (exact) mass is 591 g/mol. The minimum atomic E-state index is -0.373. The zero-order valence-electron chi connectivity index (χ0n) is 24.2. The van der Waals surface area contributed by atoms with E-state index in [1.54, 1.807) is 31.2 Å². The highest BCUT2D eigenvalue weighted by atomic mass is 35.5. The van der Waals surface area contributed by atoms with Crippen LogP contribution in [0.4, 0.5) is 11.4 Å². The van der Waals surface area contributed by atoms with Crippen molar-refractivity contribution in [2.45, 2.75) is 45.7 Å². The highest BCUT2D eigenvalue weighted by Crippen LogP contribution is 2.31. The van der Waals surface area contributed by atoms with Crippen molar-refractivity contribution in [1.82, 2.24) is 15.1 Å². The number of nitrogens with one attached hydrogen (secondary N) is 2. The molecule has 9 nitrogen and oxygen atoms in total. The van der Waals surface area contributed by atoms with E-state index in [0.29, 0.717) is 42.9 Å². The van der Waals surface area contributed by atoms with Crippen LogP contribution in [0.2, 0.25) is 5.02 Å². The molecule has 2 aromatic carbocycles. The second-order valence-electron chi connectivity index (χ2n) is 11.0. The van der Waals surface area contributed by atoms with E-state index >= 15 is 0 Å². The van der Waals surface area contributed by atoms with Crippen LogP contribution in [0, 0.1) is 6.92 Å². The lowest BCUT2D eigenvalue weighted by Gasteiger charge is -2.41. The molecule has 0 bridgehead atoms. The van der Waals surface area contributed by atoms with Crippen molar-refractivity contribution in [3.63, 3.8) is 0 Å². The maximum atomic E-state index is 13.1. The number of rotatable bonds is 10. The predicted molar refractivity (Wildman–Crippen MR) is 164 cm³/mol. The van der Waals surface area contributed by atoms with Crippen molar-refractivity contribution in [2.24, 2.45) is 0 Å². The first kappa shape index (κ1) is 29.7. The lowest BCUT2D eigenvalue weighted by Crippen LogP contribution is -2.51. The maximum Gasteiger partial charge on any atom is 0.291 e. The second-order valence-corrected chi connectivity index (χ2v) is 11.5. The largest absolute Gasteiger partial charge is 0.456 e. The minimum Gasteiger partial charge on any atom is -0.456 e. The van der Waals surface area contributed by atoms with Crippen LogP contribution in [-0.4, -0.2) is 72.8 Å². The van der Waals surface area contributed by atoms with Gasteiger partial charge in [0.15, 0.2) is 5.76 Å². The highest BCUT2D eigenvalue weighted by Gasteiger charge is 2.27. The lowest BCUT2D eigenvalue weighted by atomic mass is 10.1. The molecule has 2 saturated heterocycles. The number of hydrogen-bond donors (Lipinski definition) is 2. The number of amides is 3. The Hall–Kier alpha value is -3.82. The van der Waals surface area contributed by atoms with Gasteiger partial charge in [0, 0.05) is 68.9 Å². The van der Waals surface area contributed by atoms with Crippen molar-refractivity contribution >= 4 is 40.7 Å². The number of furan rings is 1. The summed E-state index contributed by atoms with van der Waals surface area (Å²) in [5, 5.41) is 6.71. The predicted octanol–water partition coefficient (Wildman–Crippen LogP) is 4.95. The number of carbonyl (C=O) groups excluding carboxylic acids is 3. The van der Waals surface area contributed by atoms with Gasteiger partial charge in [-0.25, -0.2) is 0 Å². The normalized spacial score (nSPS) is 17.5. The van der Waals surface area contributed by atoms with E-state index < -0.39 is 0 Å². The molecule has 2 aliphatic heterocycles. The Morgan fingerprint density at radius 3 is 2.60 bits per heavy atom. The minimum absolute atomic E-state index is 0.183. The van der Waals surface area contributed by atoms with E-state index in [0.717, 1.165) is 55.4 Å². The van der Waals surface area contributed by atoms with E-state index in [1.165, 1.54) is 0 Å². The quantitative estimate of drug-likeness (QED) is 0.324. The van der Waals surface area contributed by atoms with Crippen LogP contribution in [0.1, 0.15) is 58.4 Å². The first-order chi connectivity index (χ1) is 20.3. The number of carbonyl (C=O) groups is 3. The van der Waals surface area contributed by atoms with Crippen molar-refractivity contribution in [3.8, 4) is 0 Å². The molecule has 3 amide bonds. The molecule has 3 heterocycles. The molecule has 0 saturated carbocycles. The number of nitrogens with zero attached hydrogens (tertiary/aromatic N) is 3. The summed E-state index contributed by atoms with van der Waals surface area (Å²) in [6.07, 6.45) is 2.20. The fraction of sp³-hybridized carbons (Fsp3) is 0.406. The summed E-state index contributed by atoms with van der Waals surface area (Å²) in [7, 11) is 0. The molecule has 10 heteroatoms. The Kier molecular flexibility index (Phi) is 9.49. The molecular weight excluding hydrogens is 554 g/mol. The molecule has 3 aromatic rings. The Balaban J connectivity index is 1.28. The van der Waals surface area contributed by atoms with E-state index in [4.69, 9.17) is 16.0 Å². The van der Waals surface area contributed by atoms with Crippen LogP contribution in [0.5, 0.6) is 0 Å². The fourth-order valence-electron chi connectivity index (χ4n) is 5.60. The van der Waals surface area contributed by atoms with Gasteiger partial charge in [-0.2, -0.15) is 0 Å². The number of likely N-dealkylation sites (tertiary alicyclic amines) is 1. The van der Waals surface area contributed by atoms with Crippen molar-refractivity contribution in [2.75, 3.05) is 49.5 Å². The van der Waals surface area contributed by atoms with Crippen molar-refractivity contribution < 1.29 is 18.8 Å². The van der Waals surface area contributed by atoms with Gasteiger partial charge >= 0.3 is 0 Å². The van der Waals surface area contributed by atoms with Gasteiger partial charge in [-0.05, 0) is 68.7 Å². The Labute approximate surface area is 251 Å². The first-order valence-corrected chi connectivity index (χ1v) is 15.0. The Morgan fingerprint density at radius 1 is 1.05 bits per heavy atom. The lowest BCUT2D eigenvalue weighted by molar-refractivity contribution is -0.127. The maximum absolute atomic E-state index is 13.1. The molecule has 0 spiro atoms. The SMILES string of the molecule is Cc1ccc(C(=O)Nc2cc(C(=O)NCCCN3CCCC3=O)ccc2N2CCN(Cc3ccccc3Cl)[C@@H](C)C2)o1. The number of hydrogen-bond acceptors (Lipinski definition) is 6. The van der Waals surface area contributed by atoms with Crippen LogP contribution in [0.15, 0.2) is 59.0 Å². The topological polar surface area (TPSA) is 98.1 Å². The summed E-state index contributed by atoms with van der Waals surface area (Å²) in [6, 6.07) is 17.0. The van der Waals surface area contributed by atoms with E-state index in [9.17, 15) is 14.4 Å².